The predicted molar refractivity (Wildman–Crippen MR) is 56.4 cm³/mol. The fraction of sp³-hybridized carbons (Fsp3) is 0.182. The summed E-state index contributed by atoms with van der Waals surface area (Å²) in [4.78, 5) is 10.7. The molecule has 2 N–H and O–H groups in total. The molecular weight excluding hydrogens is 251 g/mol. The van der Waals surface area contributed by atoms with Gasteiger partial charge in [-0.15, -0.1) is 13.2 Å². The van der Waals surface area contributed by atoms with Crippen LogP contribution in [-0.4, -0.2) is 19.4 Å². The molecule has 4 nitrogen and oxygen atoms in total. The third-order valence-electron chi connectivity index (χ3n) is 1.73. The van der Waals surface area contributed by atoms with Gasteiger partial charge in [-0.3, -0.25) is 0 Å². The number of halogens is 3. The van der Waals surface area contributed by atoms with Gasteiger partial charge in [0.15, 0.2) is 5.75 Å². The summed E-state index contributed by atoms with van der Waals surface area (Å²) in [5.41, 5.74) is 5.40. The maximum atomic E-state index is 12.0. The molecule has 0 saturated carbocycles. The van der Waals surface area contributed by atoms with Crippen molar-refractivity contribution in [1.29, 1.82) is 0 Å². The lowest BCUT2D eigenvalue weighted by atomic mass is 10.2. The molecule has 0 atom stereocenters. The van der Waals surface area contributed by atoms with E-state index in [0.717, 1.165) is 19.2 Å². The first-order valence-corrected chi connectivity index (χ1v) is 4.57. The molecule has 0 amide bonds. The van der Waals surface area contributed by atoms with Gasteiger partial charge >= 0.3 is 12.3 Å². The normalized spacial score (nSPS) is 10.2. The van der Waals surface area contributed by atoms with Crippen LogP contribution in [0.25, 0.3) is 0 Å². The summed E-state index contributed by atoms with van der Waals surface area (Å²) < 4.78 is 43.8. The molecule has 0 aliphatic heterocycles. The largest absolute Gasteiger partial charge is 0.573 e. The van der Waals surface area contributed by atoms with E-state index in [1.165, 1.54) is 6.07 Å². The maximum Gasteiger partial charge on any atom is 0.573 e. The molecule has 1 rings (SSSR count). The van der Waals surface area contributed by atoms with Crippen molar-refractivity contribution >= 4 is 11.7 Å². The number of carbonyl (C=O) groups is 1. The van der Waals surface area contributed by atoms with E-state index in [4.69, 9.17) is 5.73 Å². The minimum Gasteiger partial charge on any atom is -0.459 e. The van der Waals surface area contributed by atoms with Crippen molar-refractivity contribution in [3.63, 3.8) is 0 Å². The van der Waals surface area contributed by atoms with Gasteiger partial charge in [-0.05, 0) is 18.2 Å². The summed E-state index contributed by atoms with van der Waals surface area (Å²) in [6.07, 6.45) is -4.81. The highest BCUT2D eigenvalue weighted by Gasteiger charge is 2.31. The third kappa shape index (κ3) is 4.25. The summed E-state index contributed by atoms with van der Waals surface area (Å²) in [7, 11) is 1.16. The van der Waals surface area contributed by atoms with Gasteiger partial charge in [0, 0.05) is 11.5 Å². The fourth-order valence-corrected chi connectivity index (χ4v) is 1.02. The number of alkyl halides is 3. The van der Waals surface area contributed by atoms with Crippen molar-refractivity contribution in [2.24, 2.45) is 0 Å². The zero-order valence-electron chi connectivity index (χ0n) is 9.17. The lowest BCUT2D eigenvalue weighted by molar-refractivity contribution is -0.274. The van der Waals surface area contributed by atoms with Gasteiger partial charge < -0.3 is 15.2 Å². The van der Waals surface area contributed by atoms with Crippen LogP contribution < -0.4 is 10.5 Å². The van der Waals surface area contributed by atoms with E-state index in [2.05, 4.69) is 21.3 Å². The number of anilines is 1. The lowest BCUT2D eigenvalue weighted by Crippen LogP contribution is -2.18. The molecule has 0 bridgehead atoms. The molecule has 1 aromatic carbocycles. The van der Waals surface area contributed by atoms with Gasteiger partial charge in [0.1, 0.15) is 0 Å². The Kier molecular flexibility index (Phi) is 4.05. The van der Waals surface area contributed by atoms with Crippen LogP contribution in [0, 0.1) is 11.8 Å². The van der Waals surface area contributed by atoms with E-state index < -0.39 is 18.1 Å². The van der Waals surface area contributed by atoms with Crippen molar-refractivity contribution in [3.8, 4) is 17.6 Å². The number of rotatable bonds is 1. The van der Waals surface area contributed by atoms with Crippen molar-refractivity contribution in [2.45, 2.75) is 6.36 Å². The van der Waals surface area contributed by atoms with E-state index >= 15 is 0 Å². The average molecular weight is 259 g/mol. The molecule has 0 fully saturated rings. The molecule has 0 radical (unpaired) electrons. The molecule has 7 heteroatoms. The molecule has 18 heavy (non-hydrogen) atoms. The van der Waals surface area contributed by atoms with Crippen LogP contribution in [0.5, 0.6) is 5.75 Å². The van der Waals surface area contributed by atoms with Gasteiger partial charge in [-0.25, -0.2) is 4.79 Å². The number of hydrogen-bond donors (Lipinski definition) is 1. The van der Waals surface area contributed by atoms with Crippen LogP contribution in [0.15, 0.2) is 18.2 Å². The first-order valence-electron chi connectivity index (χ1n) is 4.57. The molecule has 0 saturated heterocycles. The number of benzene rings is 1. The Morgan fingerprint density at radius 2 is 2.06 bits per heavy atom. The molecule has 0 aliphatic rings. The molecule has 0 aromatic heterocycles. The Bertz CT molecular complexity index is 514. The van der Waals surface area contributed by atoms with E-state index in [1.807, 2.05) is 0 Å². The first kappa shape index (κ1) is 13.7. The van der Waals surface area contributed by atoms with E-state index in [9.17, 15) is 18.0 Å². The summed E-state index contributed by atoms with van der Waals surface area (Å²) in [5.74, 6) is 3.22. The predicted octanol–water partition coefficient (Wildman–Crippen LogP) is 1.69. The van der Waals surface area contributed by atoms with Gasteiger partial charge in [-0.2, -0.15) is 0 Å². The minimum absolute atomic E-state index is 0.232. The topological polar surface area (TPSA) is 61.5 Å². The Morgan fingerprint density at radius 3 is 2.56 bits per heavy atom. The molecular formula is C11H8F3NO3. The zero-order valence-corrected chi connectivity index (χ0v) is 9.17. The van der Waals surface area contributed by atoms with Gasteiger partial charge in [0.2, 0.25) is 0 Å². The summed E-state index contributed by atoms with van der Waals surface area (Å²) in [6, 6.07) is 3.43. The minimum atomic E-state index is -4.81. The Hall–Kier alpha value is -2.36. The van der Waals surface area contributed by atoms with Crippen molar-refractivity contribution in [2.75, 3.05) is 12.8 Å². The highest BCUT2D eigenvalue weighted by molar-refractivity contribution is 5.89. The Labute approximate surface area is 100 Å². The maximum absolute atomic E-state index is 12.0. The van der Waals surface area contributed by atoms with E-state index in [1.54, 1.807) is 0 Å². The van der Waals surface area contributed by atoms with Gasteiger partial charge in [0.05, 0.1) is 12.8 Å². The second-order valence-corrected chi connectivity index (χ2v) is 3.04. The smallest absolute Gasteiger partial charge is 0.459 e. The second-order valence-electron chi connectivity index (χ2n) is 3.04. The number of nitrogens with two attached hydrogens (primary N) is 1. The third-order valence-corrected chi connectivity index (χ3v) is 1.73. The number of esters is 1. The van der Waals surface area contributed by atoms with Crippen LogP contribution in [0.1, 0.15) is 5.56 Å². The molecule has 1 aromatic rings. The average Bonchev–Trinajstić information content (AvgIpc) is 2.27. The molecule has 96 valence electrons. The fourth-order valence-electron chi connectivity index (χ4n) is 1.02. The van der Waals surface area contributed by atoms with Crippen molar-refractivity contribution in [1.82, 2.24) is 0 Å². The first-order chi connectivity index (χ1) is 8.31. The quantitative estimate of drug-likeness (QED) is 0.473. The van der Waals surface area contributed by atoms with Crippen LogP contribution in [-0.2, 0) is 9.53 Å². The molecule has 0 heterocycles. The van der Waals surface area contributed by atoms with Crippen LogP contribution in [0.3, 0.4) is 0 Å². The Balaban J connectivity index is 2.91. The van der Waals surface area contributed by atoms with Gasteiger partial charge in [0.25, 0.3) is 0 Å². The van der Waals surface area contributed by atoms with Crippen LogP contribution in [0.4, 0.5) is 18.9 Å². The Morgan fingerprint density at radius 1 is 1.39 bits per heavy atom. The van der Waals surface area contributed by atoms with Crippen LogP contribution in [0.2, 0.25) is 0 Å². The monoisotopic (exact) mass is 259 g/mol. The highest BCUT2D eigenvalue weighted by atomic mass is 19.4. The SMILES string of the molecule is COC(=O)C#Cc1ccc(OC(F)(F)F)c(N)c1. The second kappa shape index (κ2) is 5.31. The lowest BCUT2D eigenvalue weighted by Gasteiger charge is -2.10. The van der Waals surface area contributed by atoms with E-state index in [-0.39, 0.29) is 11.3 Å². The van der Waals surface area contributed by atoms with Crippen molar-refractivity contribution < 1.29 is 27.4 Å². The van der Waals surface area contributed by atoms with Crippen LogP contribution >= 0.6 is 0 Å². The van der Waals surface area contributed by atoms with E-state index in [0.29, 0.717) is 0 Å². The number of hydrogen-bond acceptors (Lipinski definition) is 4. The summed E-state index contributed by atoms with van der Waals surface area (Å²) in [5, 5.41) is 0. The zero-order chi connectivity index (χ0) is 13.8. The molecule has 0 aliphatic carbocycles. The highest BCUT2D eigenvalue weighted by Crippen LogP contribution is 2.28. The molecule has 0 unspecified atom stereocenters. The molecule has 0 spiro atoms. The number of nitrogen functional groups attached to an aromatic ring is 1. The standard InChI is InChI=1S/C11H8F3NO3/c1-17-10(16)5-3-7-2-4-9(8(15)6-7)18-11(12,13)14/h2,4,6H,15H2,1H3. The number of carbonyl (C=O) groups excluding carboxylic acids is 1. The number of ether oxygens (including phenoxy) is 2. The summed E-state index contributed by atoms with van der Waals surface area (Å²) in [6.45, 7) is 0. The summed E-state index contributed by atoms with van der Waals surface area (Å²) >= 11 is 0. The van der Waals surface area contributed by atoms with Gasteiger partial charge in [-0.1, -0.05) is 5.92 Å². The number of methoxy groups -OCH3 is 1. The van der Waals surface area contributed by atoms with Crippen molar-refractivity contribution in [3.05, 3.63) is 23.8 Å².